The van der Waals surface area contributed by atoms with E-state index in [0.717, 1.165) is 19.0 Å². The summed E-state index contributed by atoms with van der Waals surface area (Å²) < 4.78 is 0.0903. The molecule has 0 spiro atoms. The highest BCUT2D eigenvalue weighted by Gasteiger charge is 2.34. The molecule has 0 bridgehead atoms. The summed E-state index contributed by atoms with van der Waals surface area (Å²) in [5, 5.41) is 10.0. The monoisotopic (exact) mass is 173 g/mol. The van der Waals surface area contributed by atoms with Gasteiger partial charge >= 0.3 is 0 Å². The molecule has 62 valence electrons. The summed E-state index contributed by atoms with van der Waals surface area (Å²) in [4.78, 5) is 9.62. The maximum absolute atomic E-state index is 10.0. The van der Waals surface area contributed by atoms with Gasteiger partial charge < -0.3 is 0 Å². The maximum Gasteiger partial charge on any atom is 0.231 e. The van der Waals surface area contributed by atoms with E-state index in [9.17, 15) is 10.1 Å². The highest BCUT2D eigenvalue weighted by molar-refractivity contribution is 8.00. The average Bonchev–Trinajstić information content (AvgIpc) is 1.86. The molecule has 11 heavy (non-hydrogen) atoms. The molecular formula is C7H11NO2S. The van der Waals surface area contributed by atoms with Crippen LogP contribution in [-0.4, -0.2) is 15.9 Å². The van der Waals surface area contributed by atoms with Gasteiger partial charge in [0.05, 0.1) is 4.92 Å². The Bertz CT molecular complexity index is 181. The molecule has 1 fully saturated rings. The average molecular weight is 173 g/mol. The quantitative estimate of drug-likeness (QED) is 0.484. The van der Waals surface area contributed by atoms with E-state index in [2.05, 4.69) is 0 Å². The van der Waals surface area contributed by atoms with Crippen LogP contribution in [-0.2, 0) is 0 Å². The SMILES string of the molecule is CSC1(/C=C/[N+](=O)[O-])CCC1. The van der Waals surface area contributed by atoms with Crippen LogP contribution in [0.2, 0.25) is 0 Å². The fourth-order valence-corrected chi connectivity index (χ4v) is 2.05. The molecule has 0 N–H and O–H groups in total. The lowest BCUT2D eigenvalue weighted by molar-refractivity contribution is -0.402. The van der Waals surface area contributed by atoms with Gasteiger partial charge in [-0.1, -0.05) is 6.42 Å². The zero-order chi connectivity index (χ0) is 8.32. The summed E-state index contributed by atoms with van der Waals surface area (Å²) in [6, 6.07) is 0. The molecule has 0 radical (unpaired) electrons. The molecule has 0 aromatic carbocycles. The minimum Gasteiger partial charge on any atom is -0.259 e. The normalized spacial score (nSPS) is 21.5. The Labute approximate surface area is 70.0 Å². The van der Waals surface area contributed by atoms with Gasteiger partial charge in [-0.2, -0.15) is 11.8 Å². The summed E-state index contributed by atoms with van der Waals surface area (Å²) in [7, 11) is 0. The minimum absolute atomic E-state index is 0.0903. The highest BCUT2D eigenvalue weighted by Crippen LogP contribution is 2.43. The molecule has 0 aromatic heterocycles. The predicted octanol–water partition coefficient (Wildman–Crippen LogP) is 2.06. The molecule has 3 nitrogen and oxygen atoms in total. The summed E-state index contributed by atoms with van der Waals surface area (Å²) in [5.74, 6) is 0. The van der Waals surface area contributed by atoms with Crippen LogP contribution in [0.25, 0.3) is 0 Å². The summed E-state index contributed by atoms with van der Waals surface area (Å²) in [5.41, 5.74) is 0. The number of hydrogen-bond acceptors (Lipinski definition) is 3. The van der Waals surface area contributed by atoms with Crippen molar-refractivity contribution in [2.45, 2.75) is 24.0 Å². The van der Waals surface area contributed by atoms with E-state index < -0.39 is 4.92 Å². The first-order chi connectivity index (χ1) is 5.18. The Morgan fingerprint density at radius 2 is 2.27 bits per heavy atom. The number of nitrogens with zero attached hydrogens (tertiary/aromatic N) is 1. The van der Waals surface area contributed by atoms with Crippen LogP contribution in [0.1, 0.15) is 19.3 Å². The number of nitro groups is 1. The molecule has 0 saturated heterocycles. The smallest absolute Gasteiger partial charge is 0.231 e. The number of rotatable bonds is 3. The highest BCUT2D eigenvalue weighted by atomic mass is 32.2. The molecule has 0 amide bonds. The van der Waals surface area contributed by atoms with Gasteiger partial charge in [-0.05, 0) is 19.1 Å². The van der Waals surface area contributed by atoms with Crippen LogP contribution in [0, 0.1) is 10.1 Å². The lowest BCUT2D eigenvalue weighted by atomic mass is 9.84. The van der Waals surface area contributed by atoms with Gasteiger partial charge in [-0.15, -0.1) is 0 Å². The molecular weight excluding hydrogens is 162 g/mol. The first-order valence-corrected chi connectivity index (χ1v) is 4.79. The van der Waals surface area contributed by atoms with E-state index in [1.807, 2.05) is 6.26 Å². The van der Waals surface area contributed by atoms with Gasteiger partial charge in [-0.25, -0.2) is 0 Å². The van der Waals surface area contributed by atoms with E-state index >= 15 is 0 Å². The van der Waals surface area contributed by atoms with Gasteiger partial charge in [0, 0.05) is 10.8 Å². The van der Waals surface area contributed by atoms with E-state index in [-0.39, 0.29) is 4.75 Å². The molecule has 0 aliphatic heterocycles. The largest absolute Gasteiger partial charge is 0.259 e. The molecule has 1 rings (SSSR count). The van der Waals surface area contributed by atoms with Crippen LogP contribution < -0.4 is 0 Å². The minimum atomic E-state index is -0.393. The van der Waals surface area contributed by atoms with Crippen molar-refractivity contribution >= 4 is 11.8 Å². The van der Waals surface area contributed by atoms with Gasteiger partial charge in [0.15, 0.2) is 0 Å². The third-order valence-electron chi connectivity index (χ3n) is 2.11. The number of hydrogen-bond donors (Lipinski definition) is 0. The predicted molar refractivity (Wildman–Crippen MR) is 46.2 cm³/mol. The lowest BCUT2D eigenvalue weighted by Gasteiger charge is -2.36. The first-order valence-electron chi connectivity index (χ1n) is 3.56. The summed E-state index contributed by atoms with van der Waals surface area (Å²) >= 11 is 1.71. The standard InChI is InChI=1S/C7H11NO2S/c1-11-7(3-2-4-7)5-6-8(9)10/h5-6H,2-4H2,1H3/b6-5+. The van der Waals surface area contributed by atoms with Crippen molar-refractivity contribution in [1.29, 1.82) is 0 Å². The Morgan fingerprint density at radius 1 is 1.64 bits per heavy atom. The van der Waals surface area contributed by atoms with Crippen molar-refractivity contribution in [3.63, 3.8) is 0 Å². The number of thioether (sulfide) groups is 1. The van der Waals surface area contributed by atoms with Crippen LogP contribution in [0.4, 0.5) is 0 Å². The zero-order valence-corrected chi connectivity index (χ0v) is 7.26. The van der Waals surface area contributed by atoms with E-state index in [0.29, 0.717) is 0 Å². The lowest BCUT2D eigenvalue weighted by Crippen LogP contribution is -2.30. The molecule has 1 aliphatic carbocycles. The van der Waals surface area contributed by atoms with Crippen molar-refractivity contribution in [3.8, 4) is 0 Å². The zero-order valence-electron chi connectivity index (χ0n) is 6.45. The van der Waals surface area contributed by atoms with Crippen molar-refractivity contribution in [2.24, 2.45) is 0 Å². The topological polar surface area (TPSA) is 43.1 Å². The molecule has 0 heterocycles. The van der Waals surface area contributed by atoms with Crippen LogP contribution in [0.15, 0.2) is 12.3 Å². The molecule has 1 saturated carbocycles. The molecule has 0 unspecified atom stereocenters. The van der Waals surface area contributed by atoms with Crippen molar-refractivity contribution in [2.75, 3.05) is 6.26 Å². The fraction of sp³-hybridized carbons (Fsp3) is 0.714. The van der Waals surface area contributed by atoms with E-state index in [1.54, 1.807) is 17.8 Å². The third kappa shape index (κ3) is 1.96. The van der Waals surface area contributed by atoms with Gasteiger partial charge in [0.2, 0.25) is 6.20 Å². The van der Waals surface area contributed by atoms with Crippen LogP contribution in [0.5, 0.6) is 0 Å². The van der Waals surface area contributed by atoms with Gasteiger partial charge in [0.25, 0.3) is 0 Å². The Balaban J connectivity index is 2.50. The van der Waals surface area contributed by atoms with Gasteiger partial charge in [-0.3, -0.25) is 10.1 Å². The van der Waals surface area contributed by atoms with Crippen LogP contribution >= 0.6 is 11.8 Å². The van der Waals surface area contributed by atoms with Crippen molar-refractivity contribution < 1.29 is 4.92 Å². The van der Waals surface area contributed by atoms with Crippen LogP contribution in [0.3, 0.4) is 0 Å². The first kappa shape index (κ1) is 8.59. The molecule has 0 aromatic rings. The molecule has 1 aliphatic rings. The second kappa shape index (κ2) is 3.26. The maximum atomic E-state index is 10.0. The molecule has 4 heteroatoms. The van der Waals surface area contributed by atoms with Gasteiger partial charge in [0.1, 0.15) is 0 Å². The van der Waals surface area contributed by atoms with Crippen molar-refractivity contribution in [3.05, 3.63) is 22.4 Å². The van der Waals surface area contributed by atoms with E-state index in [1.165, 1.54) is 6.42 Å². The Morgan fingerprint density at radius 3 is 2.55 bits per heavy atom. The summed E-state index contributed by atoms with van der Waals surface area (Å²) in [6.45, 7) is 0. The van der Waals surface area contributed by atoms with E-state index in [4.69, 9.17) is 0 Å². The fourth-order valence-electron chi connectivity index (χ4n) is 1.16. The Kier molecular flexibility index (Phi) is 2.54. The summed E-state index contributed by atoms with van der Waals surface area (Å²) in [6.07, 6.45) is 8.15. The second-order valence-electron chi connectivity index (χ2n) is 2.72. The molecule has 0 atom stereocenters. The second-order valence-corrected chi connectivity index (χ2v) is 3.94. The van der Waals surface area contributed by atoms with Crippen molar-refractivity contribution in [1.82, 2.24) is 0 Å². The third-order valence-corrected chi connectivity index (χ3v) is 3.46. The Hall–Kier alpha value is -0.510.